The van der Waals surface area contributed by atoms with Crippen molar-refractivity contribution in [1.82, 2.24) is 26.1 Å². The minimum absolute atomic E-state index is 0.0308. The van der Waals surface area contributed by atoms with Gasteiger partial charge in [-0.25, -0.2) is 0 Å². The van der Waals surface area contributed by atoms with Crippen molar-refractivity contribution < 1.29 is 39.2 Å². The second-order valence-corrected chi connectivity index (χ2v) is 13.7. The molecule has 6 rings (SSSR count). The van der Waals surface area contributed by atoms with Gasteiger partial charge in [0.25, 0.3) is 0 Å². The molecule has 252 valence electrons. The van der Waals surface area contributed by atoms with Crippen LogP contribution in [0.2, 0.25) is 0 Å². The normalized spacial score (nSPS) is 36.0. The van der Waals surface area contributed by atoms with Gasteiger partial charge in [-0.2, -0.15) is 18.1 Å². The number of aliphatic carboxylic acids is 2. The summed E-state index contributed by atoms with van der Waals surface area (Å²) in [7, 11) is 0. The Bertz CT molecular complexity index is 1780. The fourth-order valence-corrected chi connectivity index (χ4v) is 8.15. The van der Waals surface area contributed by atoms with Crippen molar-refractivity contribution in [2.75, 3.05) is 5.75 Å². The van der Waals surface area contributed by atoms with Crippen LogP contribution in [0.25, 0.3) is 12.2 Å². The third-order valence-electron chi connectivity index (χ3n) is 10.6. The van der Waals surface area contributed by atoms with Crippen LogP contribution in [0, 0.1) is 24.7 Å². The van der Waals surface area contributed by atoms with Gasteiger partial charge >= 0.3 is 11.9 Å². The van der Waals surface area contributed by atoms with Crippen LogP contribution in [0.4, 0.5) is 0 Å². The average Bonchev–Trinajstić information content (AvgIpc) is 3.67. The summed E-state index contributed by atoms with van der Waals surface area (Å²) in [6.45, 7) is 11.2. The molecule has 1 aromatic heterocycles. The summed E-state index contributed by atoms with van der Waals surface area (Å²) in [4.78, 5) is 52.0. The van der Waals surface area contributed by atoms with Gasteiger partial charge in [0.1, 0.15) is 5.60 Å². The van der Waals surface area contributed by atoms with E-state index in [4.69, 9.17) is 4.74 Å². The number of aromatic nitrogens is 1. The van der Waals surface area contributed by atoms with Crippen LogP contribution >= 0.6 is 12.6 Å². The molecule has 0 aromatic carbocycles. The van der Waals surface area contributed by atoms with Gasteiger partial charge in [-0.15, -0.1) is 6.58 Å². The van der Waals surface area contributed by atoms with Crippen molar-refractivity contribution in [3.8, 4) is 0 Å². The predicted octanol–water partition coefficient (Wildman–Crippen LogP) is 0.475. The lowest BCUT2D eigenvalue weighted by Crippen LogP contribution is -2.34. The quantitative estimate of drug-likeness (QED) is 0.0879. The minimum Gasteiger partial charge on any atom is -0.481 e. The number of aliphatic hydroxyl groups excluding tert-OH is 1. The highest BCUT2D eigenvalue weighted by Crippen LogP contribution is 2.57. The summed E-state index contributed by atoms with van der Waals surface area (Å²) >= 11 is 4.40. The molecule has 1 aromatic rings. The SMILES string of the molecule is C=CC1C(=O)N[C@@]2(/C=c3\[nH]/c(=C/[C@]45NN4/C(=C/C4NC(=O)[C@H](C)[C@H]4CCS)C(C)=C5CCC(=O)O)c([C@@H](O)CC(=O)O)c3C)O[C@@]12C. The predicted molar refractivity (Wildman–Crippen MR) is 173 cm³/mol. The Balaban J connectivity index is 1.47. The summed E-state index contributed by atoms with van der Waals surface area (Å²) in [6.07, 6.45) is 6.05. The zero-order valence-electron chi connectivity index (χ0n) is 26.7. The Morgan fingerprint density at radius 2 is 1.87 bits per heavy atom. The number of aliphatic hydroxyl groups is 1. The number of amides is 2. The number of H-pyrrole nitrogens is 1. The molecular weight excluding hydrogens is 626 g/mol. The maximum atomic E-state index is 12.6. The van der Waals surface area contributed by atoms with E-state index in [0.29, 0.717) is 27.6 Å². The zero-order valence-corrected chi connectivity index (χ0v) is 27.6. The second-order valence-electron chi connectivity index (χ2n) is 13.3. The number of aromatic amines is 1. The zero-order chi connectivity index (χ0) is 34.2. The Morgan fingerprint density at radius 1 is 1.15 bits per heavy atom. The van der Waals surface area contributed by atoms with Gasteiger partial charge in [-0.1, -0.05) is 13.0 Å². The van der Waals surface area contributed by atoms with Crippen molar-refractivity contribution >= 4 is 48.5 Å². The van der Waals surface area contributed by atoms with Crippen molar-refractivity contribution in [2.24, 2.45) is 17.8 Å². The molecule has 14 heteroatoms. The second kappa shape index (κ2) is 11.4. The highest BCUT2D eigenvalue weighted by molar-refractivity contribution is 7.80. The van der Waals surface area contributed by atoms with Crippen molar-refractivity contribution in [2.45, 2.75) is 82.5 Å². The van der Waals surface area contributed by atoms with Crippen LogP contribution < -0.4 is 26.8 Å². The fraction of sp³-hybridized carbons (Fsp3) is 0.515. The summed E-state index contributed by atoms with van der Waals surface area (Å²) < 4.78 is 6.03. The lowest BCUT2D eigenvalue weighted by molar-refractivity contribution is -0.139. The first-order valence-corrected chi connectivity index (χ1v) is 16.4. The lowest BCUT2D eigenvalue weighted by atomic mass is 9.88. The highest BCUT2D eigenvalue weighted by atomic mass is 32.1. The van der Waals surface area contributed by atoms with E-state index in [9.17, 15) is 34.5 Å². The molecule has 0 radical (unpaired) electrons. The topological polar surface area (TPSA) is 206 Å². The molecule has 4 saturated heterocycles. The van der Waals surface area contributed by atoms with Gasteiger partial charge in [0.15, 0.2) is 11.4 Å². The van der Waals surface area contributed by atoms with Gasteiger partial charge in [0.2, 0.25) is 11.8 Å². The van der Waals surface area contributed by atoms with Crippen LogP contribution in [-0.2, 0) is 23.9 Å². The van der Waals surface area contributed by atoms with E-state index in [-0.39, 0.29) is 42.5 Å². The Kier molecular flexibility index (Phi) is 8.02. The summed E-state index contributed by atoms with van der Waals surface area (Å²) in [6, 6.07) is -0.247. The van der Waals surface area contributed by atoms with Crippen molar-refractivity contribution in [3.63, 3.8) is 0 Å². The number of ether oxygens (including phenoxy) is 1. The first-order valence-electron chi connectivity index (χ1n) is 15.8. The molecule has 2 amide bonds. The number of nitrogens with one attached hydrogen (secondary N) is 4. The van der Waals surface area contributed by atoms with Crippen molar-refractivity contribution in [3.05, 3.63) is 57.4 Å². The van der Waals surface area contributed by atoms with Crippen LogP contribution in [0.5, 0.6) is 0 Å². The molecule has 7 N–H and O–H groups in total. The molecule has 0 saturated carbocycles. The largest absolute Gasteiger partial charge is 0.481 e. The van der Waals surface area contributed by atoms with E-state index in [1.807, 2.05) is 37.9 Å². The number of fused-ring (bicyclic) bond motifs is 2. The molecule has 13 nitrogen and oxygen atoms in total. The fourth-order valence-electron chi connectivity index (χ4n) is 7.85. The molecule has 5 aliphatic heterocycles. The molecule has 2 unspecified atom stereocenters. The number of carbonyl (C=O) groups is 4. The number of rotatable bonds is 12. The molecule has 5 aliphatic rings. The Labute approximate surface area is 276 Å². The first kappa shape index (κ1) is 33.1. The van der Waals surface area contributed by atoms with Crippen LogP contribution in [0.15, 0.2) is 35.6 Å². The third kappa shape index (κ3) is 5.12. The van der Waals surface area contributed by atoms with Gasteiger partial charge < -0.3 is 35.7 Å². The monoisotopic (exact) mass is 667 g/mol. The van der Waals surface area contributed by atoms with E-state index in [2.05, 4.69) is 40.3 Å². The van der Waals surface area contributed by atoms with E-state index in [0.717, 1.165) is 23.3 Å². The Hall–Kier alpha value is -3.85. The molecule has 0 bridgehead atoms. The highest BCUT2D eigenvalue weighted by Gasteiger charge is 2.76. The summed E-state index contributed by atoms with van der Waals surface area (Å²) in [5.41, 5.74) is 3.89. The average molecular weight is 668 g/mol. The Morgan fingerprint density at radius 3 is 2.49 bits per heavy atom. The first-order chi connectivity index (χ1) is 22.1. The molecule has 4 fully saturated rings. The number of nitrogens with zero attached hydrogens (tertiary/aromatic N) is 1. The van der Waals surface area contributed by atoms with Gasteiger partial charge in [0, 0.05) is 28.6 Å². The van der Waals surface area contributed by atoms with Gasteiger partial charge in [-0.05, 0) is 80.2 Å². The number of hydrazine groups is 1. The molecule has 0 aliphatic carbocycles. The summed E-state index contributed by atoms with van der Waals surface area (Å²) in [5, 5.41) is 39.2. The van der Waals surface area contributed by atoms with Gasteiger partial charge in [0.05, 0.1) is 30.2 Å². The van der Waals surface area contributed by atoms with Crippen LogP contribution in [0.3, 0.4) is 0 Å². The minimum atomic E-state index is -1.37. The van der Waals surface area contributed by atoms with Gasteiger partial charge in [-0.3, -0.25) is 24.2 Å². The third-order valence-corrected chi connectivity index (χ3v) is 10.9. The molecule has 47 heavy (non-hydrogen) atoms. The van der Waals surface area contributed by atoms with Crippen LogP contribution in [-0.4, -0.2) is 77.8 Å². The van der Waals surface area contributed by atoms with E-state index in [1.54, 1.807) is 19.1 Å². The smallest absolute Gasteiger partial charge is 0.306 e. The number of allylic oxidation sites excluding steroid dienone is 1. The standard InChI is InChI=1S/C33H41N5O8S/c1-6-19-30(45)36-33(31(19,5)46-33)14-22-17(4)28(25(39)12-27(42)43)23(34-22)13-32-20(7-8-26(40)41)16(3)24(38(32)37-32)11-21-18(9-10-47)15(2)29(44)35-21/h6,11,13-15,18-19,21,25,34,37,39,47H,1,7-10,12H2,2-5H3,(H,35,44)(H,36,45)(H,40,41)(H,42,43)/b22-14-,23-13+,24-11+/t15-,18-,19?,21?,25+,31+,32+,33+,38?/m1/s1. The molecule has 8 atom stereocenters. The number of hydrogen-bond donors (Lipinski definition) is 8. The number of carboxylic acids is 2. The number of thiol groups is 1. The maximum absolute atomic E-state index is 12.6. The molecule has 6 heterocycles. The number of carboxylic acid groups (broad SMARTS) is 2. The lowest BCUT2D eigenvalue weighted by Gasteiger charge is -2.18. The van der Waals surface area contributed by atoms with E-state index < -0.39 is 47.4 Å². The number of carbonyl (C=O) groups excluding carboxylic acids is 2. The number of epoxide rings is 1. The van der Waals surface area contributed by atoms with Crippen LogP contribution in [0.1, 0.15) is 63.7 Å². The van der Waals surface area contributed by atoms with E-state index >= 15 is 0 Å². The van der Waals surface area contributed by atoms with Crippen molar-refractivity contribution in [1.29, 1.82) is 0 Å². The maximum Gasteiger partial charge on any atom is 0.306 e. The van der Waals surface area contributed by atoms with E-state index in [1.165, 1.54) is 0 Å². The summed E-state index contributed by atoms with van der Waals surface area (Å²) in [5.74, 6) is -2.47. The molecule has 0 spiro atoms. The molecular formula is C33H41N5O8S. The number of hydrogen-bond acceptors (Lipinski definition) is 9.